The molecular formula is C34H40F4N6O3. The second-order valence-electron chi connectivity index (χ2n) is 13.6. The van der Waals surface area contributed by atoms with Crippen LogP contribution in [0.25, 0.3) is 0 Å². The van der Waals surface area contributed by atoms with Crippen LogP contribution < -0.4 is 9.80 Å². The van der Waals surface area contributed by atoms with Crippen LogP contribution in [-0.4, -0.2) is 69.0 Å². The highest BCUT2D eigenvalue weighted by Gasteiger charge is 2.41. The van der Waals surface area contributed by atoms with Gasteiger partial charge in [-0.05, 0) is 70.2 Å². The molecule has 3 aromatic rings. The first-order valence-electron chi connectivity index (χ1n) is 16.0. The first-order valence-corrected chi connectivity index (χ1v) is 16.0. The Bertz CT molecular complexity index is 1620. The van der Waals surface area contributed by atoms with Crippen molar-refractivity contribution in [1.29, 1.82) is 0 Å². The van der Waals surface area contributed by atoms with Gasteiger partial charge >= 0.3 is 18.3 Å². The van der Waals surface area contributed by atoms with E-state index in [4.69, 9.17) is 9.84 Å². The lowest BCUT2D eigenvalue weighted by Gasteiger charge is -2.43. The minimum atomic E-state index is -4.59. The summed E-state index contributed by atoms with van der Waals surface area (Å²) in [6.45, 7) is 9.19. The van der Waals surface area contributed by atoms with Crippen LogP contribution in [0.15, 0.2) is 48.7 Å². The zero-order valence-electron chi connectivity index (χ0n) is 27.1. The van der Waals surface area contributed by atoms with E-state index in [2.05, 4.69) is 0 Å². The molecule has 2 saturated heterocycles. The van der Waals surface area contributed by atoms with Crippen molar-refractivity contribution < 1.29 is 31.9 Å². The molecule has 3 amide bonds. The average Bonchev–Trinajstić information content (AvgIpc) is 3.38. The fourth-order valence-corrected chi connectivity index (χ4v) is 6.75. The number of anilines is 2. The van der Waals surface area contributed by atoms with Gasteiger partial charge in [-0.3, -0.25) is 9.58 Å². The maximum Gasteiger partial charge on any atom is 0.416 e. The Hall–Kier alpha value is -4.29. The SMILES string of the molecule is Cc1cccc(F)c1N1CCC(N2Cc3cn(CC4CCN4C(=O)OC(C)(C)C)nc3N(Cc3ccccc3C(F)(F)F)C2=O)CC1. The Kier molecular flexibility index (Phi) is 8.60. The van der Waals surface area contributed by atoms with Gasteiger partial charge in [0.25, 0.3) is 0 Å². The van der Waals surface area contributed by atoms with E-state index in [1.165, 1.54) is 29.2 Å². The van der Waals surface area contributed by atoms with Crippen molar-refractivity contribution >= 4 is 23.6 Å². The average molecular weight is 657 g/mol. The highest BCUT2D eigenvalue weighted by molar-refractivity contribution is 5.94. The predicted octanol–water partition coefficient (Wildman–Crippen LogP) is 6.97. The number of ether oxygens (including phenoxy) is 1. The number of carbonyl (C=O) groups excluding carboxylic acids is 2. The maximum atomic E-state index is 14.7. The number of nitrogens with zero attached hydrogens (tertiary/aromatic N) is 6. The standard InChI is InChI=1S/C34H40F4N6O3/c1-22-8-7-11-28(35)29(22)40-15-12-25(13-16-40)43-20-24-18-41(21-26-14-17-42(26)32(46)47-33(2,3)4)39-30(24)44(31(43)45)19-23-9-5-6-10-27(23)34(36,37)38/h5-11,18,25-26H,12-17,19-21H2,1-4H3. The van der Waals surface area contributed by atoms with Crippen LogP contribution in [-0.2, 0) is 30.5 Å². The highest BCUT2D eigenvalue weighted by atomic mass is 19.4. The number of rotatable bonds is 6. The molecule has 6 rings (SSSR count). The summed E-state index contributed by atoms with van der Waals surface area (Å²) in [5.74, 6) is 0.0199. The van der Waals surface area contributed by atoms with Gasteiger partial charge in [0.1, 0.15) is 11.4 Å². The second kappa shape index (κ2) is 12.4. The number of aromatic nitrogens is 2. The molecule has 3 aliphatic heterocycles. The number of aryl methyl sites for hydroxylation is 1. The van der Waals surface area contributed by atoms with Crippen molar-refractivity contribution in [3.63, 3.8) is 0 Å². The molecule has 1 atom stereocenters. The molecule has 2 fully saturated rings. The number of alkyl halides is 3. The smallest absolute Gasteiger partial charge is 0.416 e. The number of para-hydroxylation sites is 1. The van der Waals surface area contributed by atoms with E-state index in [-0.39, 0.29) is 36.6 Å². The molecule has 0 bridgehead atoms. The molecule has 1 unspecified atom stereocenters. The molecule has 47 heavy (non-hydrogen) atoms. The second-order valence-corrected chi connectivity index (χ2v) is 13.6. The van der Waals surface area contributed by atoms with E-state index >= 15 is 0 Å². The fourth-order valence-electron chi connectivity index (χ4n) is 6.75. The number of halogens is 4. The van der Waals surface area contributed by atoms with E-state index in [0.717, 1.165) is 18.1 Å². The highest BCUT2D eigenvalue weighted by Crippen LogP contribution is 2.37. The summed E-state index contributed by atoms with van der Waals surface area (Å²) >= 11 is 0. The third-order valence-corrected chi connectivity index (χ3v) is 9.12. The van der Waals surface area contributed by atoms with E-state index < -0.39 is 29.5 Å². The first kappa shape index (κ1) is 32.6. The zero-order valence-corrected chi connectivity index (χ0v) is 27.1. The van der Waals surface area contributed by atoms with Crippen LogP contribution in [0.1, 0.15) is 62.3 Å². The summed E-state index contributed by atoms with van der Waals surface area (Å²) in [7, 11) is 0. The van der Waals surface area contributed by atoms with Gasteiger partial charge < -0.3 is 19.4 Å². The Labute approximate surface area is 271 Å². The third kappa shape index (κ3) is 6.75. The number of amides is 3. The van der Waals surface area contributed by atoms with Crippen LogP contribution in [0.3, 0.4) is 0 Å². The molecule has 3 aliphatic rings. The molecule has 252 valence electrons. The van der Waals surface area contributed by atoms with Gasteiger partial charge in [0.05, 0.1) is 36.9 Å². The van der Waals surface area contributed by atoms with Gasteiger partial charge in [-0.1, -0.05) is 30.3 Å². The number of hydrogen-bond donors (Lipinski definition) is 0. The van der Waals surface area contributed by atoms with E-state index in [0.29, 0.717) is 56.1 Å². The lowest BCUT2D eigenvalue weighted by molar-refractivity contribution is -0.138. The number of hydrogen-bond acceptors (Lipinski definition) is 5. The first-order chi connectivity index (χ1) is 22.2. The van der Waals surface area contributed by atoms with E-state index in [1.54, 1.807) is 41.3 Å². The molecule has 0 N–H and O–H groups in total. The quantitative estimate of drug-likeness (QED) is 0.268. The molecule has 0 spiro atoms. The van der Waals surface area contributed by atoms with Crippen LogP contribution in [0.4, 0.5) is 38.7 Å². The molecule has 2 aromatic carbocycles. The summed E-state index contributed by atoms with van der Waals surface area (Å²) in [5, 5.41) is 4.70. The van der Waals surface area contributed by atoms with Crippen LogP contribution in [0, 0.1) is 12.7 Å². The minimum absolute atomic E-state index is 0.0318. The molecule has 13 heteroatoms. The van der Waals surface area contributed by atoms with Crippen molar-refractivity contribution in [2.45, 2.75) is 90.5 Å². The zero-order chi connectivity index (χ0) is 33.7. The molecule has 9 nitrogen and oxygen atoms in total. The van der Waals surface area contributed by atoms with Gasteiger partial charge in [-0.15, -0.1) is 0 Å². The number of benzene rings is 2. The van der Waals surface area contributed by atoms with Crippen LogP contribution in [0.2, 0.25) is 0 Å². The molecule has 1 aromatic heterocycles. The summed E-state index contributed by atoms with van der Waals surface area (Å²) in [6.07, 6.45) is -1.29. The van der Waals surface area contributed by atoms with Crippen LogP contribution in [0.5, 0.6) is 0 Å². The predicted molar refractivity (Wildman–Crippen MR) is 169 cm³/mol. The van der Waals surface area contributed by atoms with Crippen molar-refractivity contribution in [2.24, 2.45) is 0 Å². The van der Waals surface area contributed by atoms with Crippen molar-refractivity contribution in [2.75, 3.05) is 29.4 Å². The lowest BCUT2D eigenvalue weighted by atomic mass is 10.00. The molecule has 0 saturated carbocycles. The van der Waals surface area contributed by atoms with E-state index in [1.807, 2.05) is 24.1 Å². The lowest BCUT2D eigenvalue weighted by Crippen LogP contribution is -2.54. The normalized spacial score (nSPS) is 19.1. The number of urea groups is 1. The van der Waals surface area contributed by atoms with Gasteiger partial charge in [-0.2, -0.15) is 18.3 Å². The van der Waals surface area contributed by atoms with Crippen molar-refractivity contribution in [1.82, 2.24) is 19.6 Å². The van der Waals surface area contributed by atoms with E-state index in [9.17, 15) is 27.2 Å². The summed E-state index contributed by atoms with van der Waals surface area (Å²) in [4.78, 5) is 33.6. The van der Waals surface area contributed by atoms with Gasteiger partial charge in [0.2, 0.25) is 0 Å². The van der Waals surface area contributed by atoms with Gasteiger partial charge in [0.15, 0.2) is 5.82 Å². The Morgan fingerprint density at radius 2 is 1.72 bits per heavy atom. The van der Waals surface area contributed by atoms with Crippen LogP contribution >= 0.6 is 0 Å². The van der Waals surface area contributed by atoms with Crippen molar-refractivity contribution in [3.05, 3.63) is 76.7 Å². The number of carbonyl (C=O) groups is 2. The Morgan fingerprint density at radius 1 is 1.00 bits per heavy atom. The Morgan fingerprint density at radius 3 is 2.36 bits per heavy atom. The largest absolute Gasteiger partial charge is 0.444 e. The Balaban J connectivity index is 1.26. The molecule has 0 aliphatic carbocycles. The molecule has 0 radical (unpaired) electrons. The van der Waals surface area contributed by atoms with Gasteiger partial charge in [0, 0.05) is 37.4 Å². The third-order valence-electron chi connectivity index (χ3n) is 9.12. The molecular weight excluding hydrogens is 616 g/mol. The summed E-state index contributed by atoms with van der Waals surface area (Å²) < 4.78 is 63.9. The summed E-state index contributed by atoms with van der Waals surface area (Å²) in [6, 6.07) is 9.46. The molecule has 4 heterocycles. The van der Waals surface area contributed by atoms with Crippen molar-refractivity contribution in [3.8, 4) is 0 Å². The number of likely N-dealkylation sites (tertiary alicyclic amines) is 1. The minimum Gasteiger partial charge on any atom is -0.444 e. The monoisotopic (exact) mass is 656 g/mol. The number of piperidine rings is 1. The topological polar surface area (TPSA) is 74.2 Å². The number of fused-ring (bicyclic) bond motifs is 1. The van der Waals surface area contributed by atoms with Gasteiger partial charge in [-0.25, -0.2) is 14.0 Å². The maximum absolute atomic E-state index is 14.7. The summed E-state index contributed by atoms with van der Waals surface area (Å²) in [5.41, 5.74) is 0.632. The fraction of sp³-hybridized carbons (Fsp3) is 0.500.